The summed E-state index contributed by atoms with van der Waals surface area (Å²) in [6.07, 6.45) is 7.89. The van der Waals surface area contributed by atoms with Crippen LogP contribution in [-0.4, -0.2) is 24.7 Å². The summed E-state index contributed by atoms with van der Waals surface area (Å²) in [5.74, 6) is 3.35. The molecule has 0 heterocycles. The van der Waals surface area contributed by atoms with E-state index in [9.17, 15) is 9.59 Å². The fraction of sp³-hybridized carbons (Fsp3) is 0.481. The number of nitrogens with one attached hydrogen (secondary N) is 1. The lowest BCUT2D eigenvalue weighted by molar-refractivity contribution is -0.00617. The van der Waals surface area contributed by atoms with Crippen LogP contribution in [0.1, 0.15) is 71.7 Å². The van der Waals surface area contributed by atoms with Crippen molar-refractivity contribution in [3.05, 3.63) is 59.2 Å². The molecule has 1 N–H and O–H groups in total. The van der Waals surface area contributed by atoms with Gasteiger partial charge in [-0.3, -0.25) is 9.59 Å². The van der Waals surface area contributed by atoms with Gasteiger partial charge in [0, 0.05) is 28.1 Å². The first kappa shape index (κ1) is 21.6. The minimum Gasteiger partial charge on any atom is -0.496 e. The van der Waals surface area contributed by atoms with Crippen LogP contribution in [0.4, 0.5) is 0 Å². The number of methoxy groups -OCH3 is 1. The maximum atomic E-state index is 13.2. The van der Waals surface area contributed by atoms with Gasteiger partial charge >= 0.3 is 0 Å². The molecule has 2 aromatic carbocycles. The SMILES string of the molecule is CCNC(=O)c1ccc(SC(=O)c2ccc(OC)c(C34CC5CC(CC(C5)C3)C4)c2)cc1. The van der Waals surface area contributed by atoms with Crippen LogP contribution in [-0.2, 0) is 5.41 Å². The van der Waals surface area contributed by atoms with Crippen LogP contribution in [0.3, 0.4) is 0 Å². The fourth-order valence-corrected chi connectivity index (χ4v) is 7.52. The molecule has 0 spiro atoms. The van der Waals surface area contributed by atoms with Crippen molar-refractivity contribution in [2.75, 3.05) is 13.7 Å². The van der Waals surface area contributed by atoms with E-state index in [4.69, 9.17) is 4.74 Å². The second kappa shape index (κ2) is 8.58. The number of hydrogen-bond acceptors (Lipinski definition) is 4. The highest BCUT2D eigenvalue weighted by atomic mass is 32.2. The van der Waals surface area contributed by atoms with Gasteiger partial charge in [0.05, 0.1) is 7.11 Å². The van der Waals surface area contributed by atoms with Crippen LogP contribution in [0.15, 0.2) is 47.4 Å². The molecule has 4 fully saturated rings. The van der Waals surface area contributed by atoms with Gasteiger partial charge < -0.3 is 10.1 Å². The predicted molar refractivity (Wildman–Crippen MR) is 127 cm³/mol. The molecule has 0 unspecified atom stereocenters. The maximum Gasteiger partial charge on any atom is 0.251 e. The molecule has 0 aliphatic heterocycles. The van der Waals surface area contributed by atoms with Crippen LogP contribution < -0.4 is 10.1 Å². The quantitative estimate of drug-likeness (QED) is 0.563. The van der Waals surface area contributed by atoms with Crippen LogP contribution in [0.25, 0.3) is 0 Å². The van der Waals surface area contributed by atoms with E-state index in [0.29, 0.717) is 12.1 Å². The Bertz CT molecular complexity index is 994. The second-order valence-electron chi connectivity index (χ2n) is 9.89. The molecule has 0 radical (unpaired) electrons. The molecule has 168 valence electrons. The van der Waals surface area contributed by atoms with Crippen LogP contribution in [0.5, 0.6) is 5.75 Å². The molecule has 6 rings (SSSR count). The van der Waals surface area contributed by atoms with E-state index in [-0.39, 0.29) is 16.4 Å². The lowest BCUT2D eigenvalue weighted by Crippen LogP contribution is -2.48. The summed E-state index contributed by atoms with van der Waals surface area (Å²) in [6.45, 7) is 2.49. The molecule has 4 nitrogen and oxygen atoms in total. The maximum absolute atomic E-state index is 13.2. The van der Waals surface area contributed by atoms with E-state index in [1.54, 1.807) is 19.2 Å². The summed E-state index contributed by atoms with van der Waals surface area (Å²) in [6, 6.07) is 13.2. The van der Waals surface area contributed by atoms with E-state index >= 15 is 0 Å². The monoisotopic (exact) mass is 449 g/mol. The lowest BCUT2D eigenvalue weighted by atomic mass is 9.48. The number of carbonyl (C=O) groups excluding carboxylic acids is 2. The highest BCUT2D eigenvalue weighted by Crippen LogP contribution is 2.62. The Hall–Kier alpha value is -2.27. The average Bonchev–Trinajstić information content (AvgIpc) is 2.78. The van der Waals surface area contributed by atoms with Crippen molar-refractivity contribution in [1.29, 1.82) is 0 Å². The topological polar surface area (TPSA) is 55.4 Å². The van der Waals surface area contributed by atoms with E-state index in [0.717, 1.165) is 34.0 Å². The highest BCUT2D eigenvalue weighted by molar-refractivity contribution is 8.14. The second-order valence-corrected chi connectivity index (χ2v) is 10.9. The standard InChI is InChI=1S/C27H31NO3S/c1-3-28-25(29)20-4-7-22(8-5-20)32-26(30)21-6-9-24(31-2)23(13-21)27-14-17-10-18(15-27)12-19(11-17)16-27/h4-9,13,17-19H,3,10-12,14-16H2,1-2H3,(H,28,29). The van der Waals surface area contributed by atoms with Crippen molar-refractivity contribution >= 4 is 22.8 Å². The van der Waals surface area contributed by atoms with Crippen LogP contribution >= 0.6 is 11.8 Å². The van der Waals surface area contributed by atoms with E-state index in [1.807, 2.05) is 31.2 Å². The summed E-state index contributed by atoms with van der Waals surface area (Å²) in [5.41, 5.74) is 2.76. The Kier molecular flexibility index (Phi) is 5.79. The Labute approximate surface area is 194 Å². The number of thioether (sulfide) groups is 1. The molecule has 0 saturated heterocycles. The summed E-state index contributed by atoms with van der Waals surface area (Å²) in [7, 11) is 1.74. The van der Waals surface area contributed by atoms with Gasteiger partial charge in [-0.15, -0.1) is 0 Å². The molecule has 1 amide bonds. The third-order valence-electron chi connectivity index (χ3n) is 7.71. The van der Waals surface area contributed by atoms with Crippen molar-refractivity contribution in [2.24, 2.45) is 17.8 Å². The Morgan fingerprint density at radius 3 is 2.12 bits per heavy atom. The lowest BCUT2D eigenvalue weighted by Gasteiger charge is -2.57. The first-order chi connectivity index (χ1) is 15.5. The minimum atomic E-state index is -0.0919. The van der Waals surface area contributed by atoms with Crippen LogP contribution in [0, 0.1) is 17.8 Å². The number of ether oxygens (including phenoxy) is 1. The first-order valence-corrected chi connectivity index (χ1v) is 12.6. The number of benzene rings is 2. The smallest absolute Gasteiger partial charge is 0.251 e. The average molecular weight is 450 g/mol. The zero-order chi connectivity index (χ0) is 22.3. The molecule has 4 aliphatic rings. The molecular weight excluding hydrogens is 418 g/mol. The van der Waals surface area contributed by atoms with Gasteiger partial charge in [0.2, 0.25) is 5.12 Å². The normalized spacial score (nSPS) is 27.9. The van der Waals surface area contributed by atoms with Gasteiger partial charge in [0.1, 0.15) is 5.75 Å². The third-order valence-corrected chi connectivity index (χ3v) is 8.64. The Morgan fingerprint density at radius 2 is 1.56 bits per heavy atom. The summed E-state index contributed by atoms with van der Waals surface area (Å²) < 4.78 is 5.79. The summed E-state index contributed by atoms with van der Waals surface area (Å²) in [5, 5.41) is 2.83. The molecule has 4 aliphatic carbocycles. The molecular formula is C27H31NO3S. The number of rotatable bonds is 6. The van der Waals surface area contributed by atoms with E-state index in [1.165, 1.54) is 55.9 Å². The zero-order valence-electron chi connectivity index (χ0n) is 18.9. The van der Waals surface area contributed by atoms with E-state index in [2.05, 4.69) is 11.4 Å². The Balaban J connectivity index is 1.38. The van der Waals surface area contributed by atoms with Gasteiger partial charge in [-0.1, -0.05) is 0 Å². The summed E-state index contributed by atoms with van der Waals surface area (Å²) in [4.78, 5) is 26.0. The van der Waals surface area contributed by atoms with Gasteiger partial charge in [0.15, 0.2) is 0 Å². The third kappa shape index (κ3) is 3.96. The van der Waals surface area contributed by atoms with E-state index < -0.39 is 0 Å². The first-order valence-electron chi connectivity index (χ1n) is 11.8. The van der Waals surface area contributed by atoms with Crippen molar-refractivity contribution in [1.82, 2.24) is 5.32 Å². The number of amides is 1. The molecule has 0 atom stereocenters. The summed E-state index contributed by atoms with van der Waals surface area (Å²) >= 11 is 1.22. The fourth-order valence-electron chi connectivity index (χ4n) is 6.79. The number of carbonyl (C=O) groups is 2. The van der Waals surface area contributed by atoms with Gasteiger partial charge in [-0.05, 0) is 123 Å². The van der Waals surface area contributed by atoms with Crippen molar-refractivity contribution in [3.8, 4) is 5.75 Å². The Morgan fingerprint density at radius 1 is 0.969 bits per heavy atom. The van der Waals surface area contributed by atoms with Crippen molar-refractivity contribution in [3.63, 3.8) is 0 Å². The molecule has 32 heavy (non-hydrogen) atoms. The van der Waals surface area contributed by atoms with Crippen LogP contribution in [0.2, 0.25) is 0 Å². The van der Waals surface area contributed by atoms with Gasteiger partial charge in [0.25, 0.3) is 5.91 Å². The molecule has 2 aromatic rings. The molecule has 4 saturated carbocycles. The highest BCUT2D eigenvalue weighted by Gasteiger charge is 2.52. The minimum absolute atomic E-state index is 0.0318. The van der Waals surface area contributed by atoms with Crippen molar-refractivity contribution in [2.45, 2.75) is 55.8 Å². The number of hydrogen-bond donors (Lipinski definition) is 1. The van der Waals surface area contributed by atoms with Crippen molar-refractivity contribution < 1.29 is 14.3 Å². The van der Waals surface area contributed by atoms with Gasteiger partial charge in [-0.2, -0.15) is 0 Å². The molecule has 5 heteroatoms. The largest absolute Gasteiger partial charge is 0.496 e. The molecule has 4 bridgehead atoms. The predicted octanol–water partition coefficient (Wildman–Crippen LogP) is 5.85. The zero-order valence-corrected chi connectivity index (χ0v) is 19.7. The molecule has 0 aromatic heterocycles. The van der Waals surface area contributed by atoms with Gasteiger partial charge in [-0.25, -0.2) is 0 Å².